The number of anilines is 2. The lowest BCUT2D eigenvalue weighted by Gasteiger charge is -2.08. The highest BCUT2D eigenvalue weighted by Crippen LogP contribution is 2.18. The molecule has 2 amide bonds. The van der Waals surface area contributed by atoms with Gasteiger partial charge < -0.3 is 15.4 Å². The first-order valence-electron chi connectivity index (χ1n) is 8.67. The van der Waals surface area contributed by atoms with Crippen molar-refractivity contribution < 1.29 is 14.3 Å². The van der Waals surface area contributed by atoms with E-state index in [4.69, 9.17) is 16.3 Å². The maximum absolute atomic E-state index is 12.6. The number of amides is 2. The van der Waals surface area contributed by atoms with E-state index in [0.717, 1.165) is 0 Å². The minimum atomic E-state index is -0.410. The quantitative estimate of drug-likeness (QED) is 0.633. The second kappa shape index (κ2) is 9.05. The normalized spacial score (nSPS) is 10.4. The molecule has 3 aromatic rings. The van der Waals surface area contributed by atoms with E-state index < -0.39 is 11.8 Å². The lowest BCUT2D eigenvalue weighted by molar-refractivity contribution is -0.118. The van der Waals surface area contributed by atoms with Crippen molar-refractivity contribution in [3.8, 4) is 5.75 Å². The largest absolute Gasteiger partial charge is 0.484 e. The van der Waals surface area contributed by atoms with Crippen molar-refractivity contribution in [3.63, 3.8) is 0 Å². The van der Waals surface area contributed by atoms with Gasteiger partial charge in [0.05, 0.1) is 5.69 Å². The van der Waals surface area contributed by atoms with Crippen molar-refractivity contribution in [2.75, 3.05) is 17.2 Å². The number of ether oxygens (including phenoxy) is 1. The average Bonchev–Trinajstić information content (AvgIpc) is 3.11. The van der Waals surface area contributed by atoms with Crippen molar-refractivity contribution >= 4 is 34.8 Å². The van der Waals surface area contributed by atoms with Crippen LogP contribution < -0.4 is 15.4 Å². The molecule has 0 unspecified atom stereocenters. The fraction of sp³-hybridized carbons (Fsp3) is 0.150. The third-order valence-electron chi connectivity index (χ3n) is 3.79. The molecule has 0 aliphatic heterocycles. The minimum absolute atomic E-state index is 0.130. The summed E-state index contributed by atoms with van der Waals surface area (Å²) in [5, 5.41) is 10.3. The lowest BCUT2D eigenvalue weighted by atomic mass is 10.3. The highest BCUT2D eigenvalue weighted by atomic mass is 35.5. The number of para-hydroxylation sites is 1. The van der Waals surface area contributed by atoms with Gasteiger partial charge in [0.15, 0.2) is 12.3 Å². The Labute approximate surface area is 167 Å². The van der Waals surface area contributed by atoms with E-state index in [1.54, 1.807) is 47.3 Å². The van der Waals surface area contributed by atoms with Gasteiger partial charge in [0.25, 0.3) is 11.8 Å². The number of aromatic nitrogens is 2. The summed E-state index contributed by atoms with van der Waals surface area (Å²) < 4.78 is 7.00. The highest BCUT2D eigenvalue weighted by Gasteiger charge is 2.19. The minimum Gasteiger partial charge on any atom is -0.484 e. The fourth-order valence-electron chi connectivity index (χ4n) is 2.42. The van der Waals surface area contributed by atoms with Crippen LogP contribution in [0.1, 0.15) is 17.4 Å². The second-order valence-corrected chi connectivity index (χ2v) is 6.29. The van der Waals surface area contributed by atoms with E-state index in [1.165, 1.54) is 0 Å². The number of hydrogen-bond donors (Lipinski definition) is 2. The molecular formula is C20H19ClN4O3. The Morgan fingerprint density at radius 2 is 1.79 bits per heavy atom. The molecule has 0 bridgehead atoms. The smallest absolute Gasteiger partial charge is 0.278 e. The molecule has 3 rings (SSSR count). The van der Waals surface area contributed by atoms with Gasteiger partial charge in [-0.1, -0.05) is 29.8 Å². The van der Waals surface area contributed by atoms with Gasteiger partial charge in [-0.2, -0.15) is 5.10 Å². The number of carbonyl (C=O) groups excluding carboxylic acids is 2. The number of rotatable bonds is 7. The van der Waals surface area contributed by atoms with Crippen molar-refractivity contribution in [2.24, 2.45) is 0 Å². The van der Waals surface area contributed by atoms with Crippen LogP contribution in [0.5, 0.6) is 5.75 Å². The molecule has 0 fully saturated rings. The van der Waals surface area contributed by atoms with Crippen LogP contribution >= 0.6 is 11.6 Å². The summed E-state index contributed by atoms with van der Waals surface area (Å²) in [6.07, 6.45) is 1.61. The Hall–Kier alpha value is -3.32. The van der Waals surface area contributed by atoms with Gasteiger partial charge in [0.2, 0.25) is 0 Å². The maximum Gasteiger partial charge on any atom is 0.278 e. The third kappa shape index (κ3) is 5.11. The number of nitrogens with zero attached hydrogens (tertiary/aromatic N) is 2. The van der Waals surface area contributed by atoms with Gasteiger partial charge in [-0.3, -0.25) is 14.3 Å². The molecule has 0 saturated carbocycles. The molecule has 0 aliphatic carbocycles. The number of nitrogens with one attached hydrogen (secondary N) is 2. The van der Waals surface area contributed by atoms with E-state index in [0.29, 0.717) is 28.7 Å². The molecule has 144 valence electrons. The first-order chi connectivity index (χ1) is 13.5. The molecule has 1 heterocycles. The van der Waals surface area contributed by atoms with Crippen LogP contribution in [-0.4, -0.2) is 28.2 Å². The molecule has 2 N–H and O–H groups in total. The van der Waals surface area contributed by atoms with Gasteiger partial charge in [-0.15, -0.1) is 0 Å². The van der Waals surface area contributed by atoms with Crippen LogP contribution in [0.15, 0.2) is 60.8 Å². The monoisotopic (exact) mass is 398 g/mol. The van der Waals surface area contributed by atoms with Gasteiger partial charge >= 0.3 is 0 Å². The summed E-state index contributed by atoms with van der Waals surface area (Å²) >= 11 is 5.82. The predicted molar refractivity (Wildman–Crippen MR) is 108 cm³/mol. The Morgan fingerprint density at radius 3 is 2.46 bits per heavy atom. The zero-order valence-corrected chi connectivity index (χ0v) is 15.9. The molecule has 8 heteroatoms. The Balaban J connectivity index is 1.67. The molecule has 0 atom stereocenters. The SMILES string of the molecule is CCn1cc(NC(=O)COc2ccc(Cl)cc2)c(C(=O)Nc2ccccc2)n1. The average molecular weight is 399 g/mol. The van der Waals surface area contributed by atoms with Crippen LogP contribution in [0.2, 0.25) is 5.02 Å². The zero-order valence-electron chi connectivity index (χ0n) is 15.2. The topological polar surface area (TPSA) is 85.2 Å². The van der Waals surface area contributed by atoms with E-state index in [9.17, 15) is 9.59 Å². The summed E-state index contributed by atoms with van der Waals surface area (Å²) in [7, 11) is 0. The standard InChI is InChI=1S/C20H19ClN4O3/c1-2-25-12-17(19(24-25)20(27)22-15-6-4-3-5-7-15)23-18(26)13-28-16-10-8-14(21)9-11-16/h3-12H,2,13H2,1H3,(H,22,27)(H,23,26). The van der Waals surface area contributed by atoms with E-state index in [1.807, 2.05) is 25.1 Å². The fourth-order valence-corrected chi connectivity index (χ4v) is 2.55. The van der Waals surface area contributed by atoms with Crippen LogP contribution in [-0.2, 0) is 11.3 Å². The van der Waals surface area contributed by atoms with Crippen molar-refractivity contribution in [1.29, 1.82) is 0 Å². The molecule has 1 aromatic heterocycles. The lowest BCUT2D eigenvalue weighted by Crippen LogP contribution is -2.22. The molecular weight excluding hydrogens is 380 g/mol. The number of halogens is 1. The summed E-state index contributed by atoms with van der Waals surface area (Å²) in [4.78, 5) is 24.8. The number of benzene rings is 2. The van der Waals surface area contributed by atoms with Gasteiger partial charge in [-0.05, 0) is 43.3 Å². The van der Waals surface area contributed by atoms with Crippen molar-refractivity contribution in [2.45, 2.75) is 13.5 Å². The summed E-state index contributed by atoms with van der Waals surface area (Å²) in [5.74, 6) is -0.294. The van der Waals surface area contributed by atoms with Crippen LogP contribution in [0, 0.1) is 0 Å². The Morgan fingerprint density at radius 1 is 1.07 bits per heavy atom. The van der Waals surface area contributed by atoms with Crippen molar-refractivity contribution in [1.82, 2.24) is 9.78 Å². The number of carbonyl (C=O) groups is 2. The number of hydrogen-bond acceptors (Lipinski definition) is 4. The van der Waals surface area contributed by atoms with Gasteiger partial charge in [0.1, 0.15) is 5.75 Å². The second-order valence-electron chi connectivity index (χ2n) is 5.86. The molecule has 28 heavy (non-hydrogen) atoms. The van der Waals surface area contributed by atoms with Gasteiger partial charge in [0, 0.05) is 23.5 Å². The predicted octanol–water partition coefficient (Wildman–Crippen LogP) is 3.83. The van der Waals surface area contributed by atoms with E-state index in [-0.39, 0.29) is 12.3 Å². The molecule has 0 aliphatic rings. The molecule has 7 nitrogen and oxygen atoms in total. The van der Waals surface area contributed by atoms with Crippen molar-refractivity contribution in [3.05, 3.63) is 71.5 Å². The molecule has 0 saturated heterocycles. The molecule has 0 radical (unpaired) electrons. The van der Waals surface area contributed by atoms with Crippen LogP contribution in [0.25, 0.3) is 0 Å². The highest BCUT2D eigenvalue weighted by molar-refractivity contribution is 6.30. The van der Waals surface area contributed by atoms with Gasteiger partial charge in [-0.25, -0.2) is 0 Å². The zero-order chi connectivity index (χ0) is 19.9. The molecule has 0 spiro atoms. The van der Waals surface area contributed by atoms with E-state index >= 15 is 0 Å². The Bertz CT molecular complexity index is 955. The first kappa shape index (κ1) is 19.4. The first-order valence-corrected chi connectivity index (χ1v) is 9.05. The Kier molecular flexibility index (Phi) is 6.29. The van der Waals surface area contributed by atoms with Crippen LogP contribution in [0.4, 0.5) is 11.4 Å². The maximum atomic E-state index is 12.6. The van der Waals surface area contributed by atoms with E-state index in [2.05, 4.69) is 15.7 Å². The summed E-state index contributed by atoms with van der Waals surface area (Å²) in [6.45, 7) is 2.24. The number of aryl methyl sites for hydroxylation is 1. The summed E-state index contributed by atoms with van der Waals surface area (Å²) in [6, 6.07) is 15.7. The molecule has 2 aromatic carbocycles. The van der Waals surface area contributed by atoms with Crippen LogP contribution in [0.3, 0.4) is 0 Å². The third-order valence-corrected chi connectivity index (χ3v) is 4.04. The summed E-state index contributed by atoms with van der Waals surface area (Å²) in [5.41, 5.74) is 1.09.